The van der Waals surface area contributed by atoms with E-state index >= 15 is 0 Å². The molecule has 2 rings (SSSR count). The summed E-state index contributed by atoms with van der Waals surface area (Å²) >= 11 is 15.1. The largest absolute Gasteiger partial charge is 0.492 e. The molecule has 1 heterocycles. The molecule has 0 unspecified atom stereocenters. The number of aromatic nitrogens is 1. The predicted molar refractivity (Wildman–Crippen MR) is 95.5 cm³/mol. The van der Waals surface area contributed by atoms with Crippen molar-refractivity contribution in [2.75, 3.05) is 18.5 Å². The number of carbonyl (C=O) groups excluding carboxylic acids is 1. The van der Waals surface area contributed by atoms with E-state index in [1.807, 2.05) is 6.07 Å². The van der Waals surface area contributed by atoms with Crippen LogP contribution in [0.4, 0.5) is 10.6 Å². The number of urea groups is 1. The molecule has 0 spiro atoms. The monoisotopic (exact) mass is 417 g/mol. The second-order valence-corrected chi connectivity index (χ2v) is 6.28. The molecule has 0 atom stereocenters. The Kier molecular flexibility index (Phi) is 6.95. The van der Waals surface area contributed by atoms with E-state index in [-0.39, 0.29) is 6.03 Å². The van der Waals surface area contributed by atoms with Crippen molar-refractivity contribution >= 4 is 51.0 Å². The Morgan fingerprint density at radius 3 is 2.78 bits per heavy atom. The fourth-order valence-corrected chi connectivity index (χ4v) is 2.50. The van der Waals surface area contributed by atoms with Crippen LogP contribution in [0.25, 0.3) is 0 Å². The molecule has 1 aromatic carbocycles. The van der Waals surface area contributed by atoms with Crippen molar-refractivity contribution < 1.29 is 9.53 Å². The molecule has 0 aliphatic heterocycles. The summed E-state index contributed by atoms with van der Waals surface area (Å²) in [4.78, 5) is 15.6. The fraction of sp³-hybridized carbons (Fsp3) is 0.200. The maximum absolute atomic E-state index is 11.7. The lowest BCUT2D eigenvalue weighted by Crippen LogP contribution is -2.30. The van der Waals surface area contributed by atoms with Crippen LogP contribution in [0.5, 0.6) is 5.75 Å². The molecule has 23 heavy (non-hydrogen) atoms. The van der Waals surface area contributed by atoms with Gasteiger partial charge in [0.2, 0.25) is 0 Å². The molecule has 0 fully saturated rings. The van der Waals surface area contributed by atoms with Crippen molar-refractivity contribution in [2.45, 2.75) is 6.42 Å². The highest BCUT2D eigenvalue weighted by molar-refractivity contribution is 9.10. The Labute approximate surface area is 152 Å². The number of nitrogens with zero attached hydrogens (tertiary/aromatic N) is 1. The van der Waals surface area contributed by atoms with Crippen molar-refractivity contribution in [1.82, 2.24) is 10.3 Å². The van der Waals surface area contributed by atoms with Crippen molar-refractivity contribution in [3.8, 4) is 5.75 Å². The number of nitrogens with one attached hydrogen (secondary N) is 2. The number of benzene rings is 1. The molecule has 122 valence electrons. The number of amides is 2. The van der Waals surface area contributed by atoms with Gasteiger partial charge in [-0.3, -0.25) is 5.32 Å². The van der Waals surface area contributed by atoms with Gasteiger partial charge in [0.15, 0.2) is 0 Å². The molecule has 2 N–H and O–H groups in total. The number of rotatable bonds is 6. The predicted octanol–water partition coefficient (Wildman–Crippen LogP) is 4.74. The standard InChI is InChI=1S/C15H14BrCl2N3O2/c16-10-2-4-13(12(18)8-10)23-7-1-6-19-15(22)21-14-5-3-11(17)9-20-14/h2-5,8-9H,1,6-7H2,(H2,19,20,21,22). The summed E-state index contributed by atoms with van der Waals surface area (Å²) in [5.74, 6) is 1.05. The first-order valence-electron chi connectivity index (χ1n) is 6.79. The van der Waals surface area contributed by atoms with Gasteiger partial charge in [-0.2, -0.15) is 0 Å². The molecule has 0 saturated carbocycles. The average Bonchev–Trinajstić information content (AvgIpc) is 2.51. The van der Waals surface area contributed by atoms with E-state index in [1.54, 1.807) is 24.3 Å². The zero-order valence-electron chi connectivity index (χ0n) is 12.0. The van der Waals surface area contributed by atoms with Crippen LogP contribution in [0, 0.1) is 0 Å². The lowest BCUT2D eigenvalue weighted by Gasteiger charge is -2.09. The molecule has 0 bridgehead atoms. The number of carbonyl (C=O) groups is 1. The fourth-order valence-electron chi connectivity index (χ4n) is 1.66. The van der Waals surface area contributed by atoms with E-state index < -0.39 is 0 Å². The summed E-state index contributed by atoms with van der Waals surface area (Å²) < 4.78 is 6.45. The van der Waals surface area contributed by atoms with E-state index in [0.717, 1.165) is 4.47 Å². The molecule has 5 nitrogen and oxygen atoms in total. The van der Waals surface area contributed by atoms with Gasteiger partial charge in [-0.25, -0.2) is 9.78 Å². The van der Waals surface area contributed by atoms with Crippen LogP contribution in [0.1, 0.15) is 6.42 Å². The Morgan fingerprint density at radius 2 is 2.09 bits per heavy atom. The maximum atomic E-state index is 11.7. The van der Waals surface area contributed by atoms with Crippen LogP contribution in [0.15, 0.2) is 41.0 Å². The van der Waals surface area contributed by atoms with Crippen molar-refractivity contribution in [3.05, 3.63) is 51.0 Å². The lowest BCUT2D eigenvalue weighted by atomic mass is 10.3. The summed E-state index contributed by atoms with van der Waals surface area (Å²) in [5.41, 5.74) is 0. The number of ether oxygens (including phenoxy) is 1. The number of halogens is 3. The molecule has 0 aliphatic rings. The van der Waals surface area contributed by atoms with Gasteiger partial charge in [-0.1, -0.05) is 39.1 Å². The van der Waals surface area contributed by atoms with E-state index in [4.69, 9.17) is 27.9 Å². The highest BCUT2D eigenvalue weighted by Gasteiger charge is 2.04. The molecule has 0 radical (unpaired) electrons. The normalized spacial score (nSPS) is 10.2. The minimum atomic E-state index is -0.332. The van der Waals surface area contributed by atoms with Crippen molar-refractivity contribution in [3.63, 3.8) is 0 Å². The number of anilines is 1. The Bertz CT molecular complexity index is 668. The van der Waals surface area contributed by atoms with Crippen LogP contribution in [0.2, 0.25) is 10.0 Å². The van der Waals surface area contributed by atoms with Gasteiger partial charge in [-0.15, -0.1) is 0 Å². The number of pyridine rings is 1. The molecule has 0 saturated heterocycles. The molecule has 2 amide bonds. The van der Waals surface area contributed by atoms with Gasteiger partial charge in [0.25, 0.3) is 0 Å². The van der Waals surface area contributed by atoms with E-state index in [9.17, 15) is 4.79 Å². The summed E-state index contributed by atoms with van der Waals surface area (Å²) in [6.45, 7) is 0.911. The van der Waals surface area contributed by atoms with Gasteiger partial charge in [-0.05, 0) is 36.8 Å². The third kappa shape index (κ3) is 6.25. The second kappa shape index (κ2) is 8.96. The van der Waals surface area contributed by atoms with Crippen LogP contribution in [-0.2, 0) is 0 Å². The SMILES string of the molecule is O=C(NCCCOc1ccc(Br)cc1Cl)Nc1ccc(Cl)cn1. The van der Waals surface area contributed by atoms with Gasteiger partial charge in [0, 0.05) is 17.2 Å². The topological polar surface area (TPSA) is 63.2 Å². The first-order valence-corrected chi connectivity index (χ1v) is 8.34. The zero-order valence-corrected chi connectivity index (χ0v) is 15.1. The minimum absolute atomic E-state index is 0.332. The van der Waals surface area contributed by atoms with Crippen molar-refractivity contribution in [1.29, 1.82) is 0 Å². The van der Waals surface area contributed by atoms with Crippen LogP contribution < -0.4 is 15.4 Å². The molecular formula is C15H14BrCl2N3O2. The molecule has 1 aromatic heterocycles. The first-order chi connectivity index (χ1) is 11.0. The molecule has 2 aromatic rings. The smallest absolute Gasteiger partial charge is 0.320 e. The Hall–Kier alpha value is -1.50. The summed E-state index contributed by atoms with van der Waals surface area (Å²) in [6, 6.07) is 8.36. The van der Waals surface area contributed by atoms with E-state index in [2.05, 4.69) is 31.5 Å². The third-order valence-corrected chi connectivity index (χ3v) is 3.74. The van der Waals surface area contributed by atoms with Gasteiger partial charge < -0.3 is 10.1 Å². The van der Waals surface area contributed by atoms with Crippen LogP contribution in [0.3, 0.4) is 0 Å². The summed E-state index contributed by atoms with van der Waals surface area (Å²) in [5, 5.41) is 6.37. The Balaban J connectivity index is 1.65. The number of hydrogen-bond donors (Lipinski definition) is 2. The Morgan fingerprint density at radius 1 is 1.26 bits per heavy atom. The molecule has 8 heteroatoms. The third-order valence-electron chi connectivity index (χ3n) is 2.73. The van der Waals surface area contributed by atoms with Crippen LogP contribution >= 0.6 is 39.1 Å². The quantitative estimate of drug-likeness (QED) is 0.665. The van der Waals surface area contributed by atoms with Gasteiger partial charge in [0.05, 0.1) is 16.7 Å². The second-order valence-electron chi connectivity index (χ2n) is 4.52. The molecular weight excluding hydrogens is 405 g/mol. The minimum Gasteiger partial charge on any atom is -0.492 e. The summed E-state index contributed by atoms with van der Waals surface area (Å²) in [7, 11) is 0. The van der Waals surface area contributed by atoms with Crippen LogP contribution in [-0.4, -0.2) is 24.2 Å². The van der Waals surface area contributed by atoms with Gasteiger partial charge >= 0.3 is 6.03 Å². The highest BCUT2D eigenvalue weighted by Crippen LogP contribution is 2.27. The maximum Gasteiger partial charge on any atom is 0.320 e. The zero-order chi connectivity index (χ0) is 16.7. The average molecular weight is 419 g/mol. The lowest BCUT2D eigenvalue weighted by molar-refractivity contribution is 0.250. The molecule has 0 aliphatic carbocycles. The van der Waals surface area contributed by atoms with E-state index in [1.165, 1.54) is 6.20 Å². The summed E-state index contributed by atoms with van der Waals surface area (Å²) in [6.07, 6.45) is 2.11. The first kappa shape index (κ1) is 17.8. The van der Waals surface area contributed by atoms with E-state index in [0.29, 0.717) is 41.2 Å². The van der Waals surface area contributed by atoms with Gasteiger partial charge in [0.1, 0.15) is 11.6 Å². The highest BCUT2D eigenvalue weighted by atomic mass is 79.9. The van der Waals surface area contributed by atoms with Crippen molar-refractivity contribution in [2.24, 2.45) is 0 Å². The number of hydrogen-bond acceptors (Lipinski definition) is 3.